The number of rotatable bonds is 4. The molecule has 0 amide bonds. The summed E-state index contributed by atoms with van der Waals surface area (Å²) >= 11 is 0. The third kappa shape index (κ3) is 3.65. The number of allylic oxidation sites excluding steroid dienone is 1. The zero-order chi connectivity index (χ0) is 12.0. The van der Waals surface area contributed by atoms with Gasteiger partial charge < -0.3 is 4.74 Å². The van der Waals surface area contributed by atoms with Crippen molar-refractivity contribution in [3.05, 3.63) is 35.7 Å². The number of hydrogen-bond donors (Lipinski definition) is 0. The van der Waals surface area contributed by atoms with Crippen LogP contribution in [0.4, 0.5) is 13.2 Å². The normalized spacial score (nSPS) is 10.7. The second-order valence-corrected chi connectivity index (χ2v) is 2.83. The maximum Gasteiger partial charge on any atom is 0.387 e. The highest BCUT2D eigenvalue weighted by atomic mass is 19.3. The van der Waals surface area contributed by atoms with E-state index in [0.29, 0.717) is 5.56 Å². The molecule has 0 N–H and O–H groups in total. The first-order chi connectivity index (χ1) is 7.63. The van der Waals surface area contributed by atoms with Gasteiger partial charge in [-0.3, -0.25) is 0 Å². The quantitative estimate of drug-likeness (QED) is 0.790. The number of benzene rings is 1. The zero-order valence-electron chi connectivity index (χ0n) is 8.16. The van der Waals surface area contributed by atoms with E-state index in [4.69, 9.17) is 5.26 Å². The third-order valence-corrected chi connectivity index (χ3v) is 1.70. The van der Waals surface area contributed by atoms with Gasteiger partial charge in [-0.05, 0) is 12.1 Å². The van der Waals surface area contributed by atoms with E-state index in [1.807, 2.05) is 6.07 Å². The number of hydrogen-bond acceptors (Lipinski definition) is 2. The highest BCUT2D eigenvalue weighted by Crippen LogP contribution is 2.23. The Bertz CT molecular complexity index is 424. The molecule has 0 saturated carbocycles. The predicted octanol–water partition coefficient (Wildman–Crippen LogP) is 3.35. The molecule has 0 aliphatic rings. The first-order valence-corrected chi connectivity index (χ1v) is 4.41. The van der Waals surface area contributed by atoms with E-state index < -0.39 is 12.4 Å². The number of halogens is 3. The van der Waals surface area contributed by atoms with Crippen molar-refractivity contribution in [2.45, 2.75) is 13.0 Å². The maximum atomic E-state index is 12.8. The highest BCUT2D eigenvalue weighted by Gasteiger charge is 2.08. The lowest BCUT2D eigenvalue weighted by molar-refractivity contribution is -0.0501. The Morgan fingerprint density at radius 2 is 2.19 bits per heavy atom. The molecule has 0 unspecified atom stereocenters. The Balaban J connectivity index is 2.94. The Morgan fingerprint density at radius 1 is 1.44 bits per heavy atom. The van der Waals surface area contributed by atoms with Crippen LogP contribution in [0.2, 0.25) is 0 Å². The summed E-state index contributed by atoms with van der Waals surface area (Å²) < 4.78 is 40.9. The van der Waals surface area contributed by atoms with Crippen molar-refractivity contribution in [2.24, 2.45) is 0 Å². The lowest BCUT2D eigenvalue weighted by Crippen LogP contribution is -2.03. The van der Waals surface area contributed by atoms with Crippen molar-refractivity contribution < 1.29 is 17.9 Å². The van der Waals surface area contributed by atoms with Crippen LogP contribution in [0.3, 0.4) is 0 Å². The molecular formula is C11H8F3NO. The van der Waals surface area contributed by atoms with E-state index >= 15 is 0 Å². The van der Waals surface area contributed by atoms with E-state index in [9.17, 15) is 13.2 Å². The molecule has 0 radical (unpaired) electrons. The van der Waals surface area contributed by atoms with Crippen molar-refractivity contribution in [3.63, 3.8) is 0 Å². The van der Waals surface area contributed by atoms with Gasteiger partial charge in [0.25, 0.3) is 0 Å². The minimum atomic E-state index is -3.01. The van der Waals surface area contributed by atoms with Crippen LogP contribution in [0.5, 0.6) is 5.75 Å². The number of alkyl halides is 2. The van der Waals surface area contributed by atoms with E-state index in [2.05, 4.69) is 4.74 Å². The molecule has 0 heterocycles. The zero-order valence-corrected chi connectivity index (χ0v) is 8.16. The van der Waals surface area contributed by atoms with E-state index in [1.54, 1.807) is 0 Å². The van der Waals surface area contributed by atoms with Gasteiger partial charge in [-0.1, -0.05) is 12.2 Å². The highest BCUT2D eigenvalue weighted by molar-refractivity contribution is 5.57. The van der Waals surface area contributed by atoms with Crippen LogP contribution >= 0.6 is 0 Å². The Morgan fingerprint density at radius 3 is 2.81 bits per heavy atom. The largest absolute Gasteiger partial charge is 0.434 e. The Kier molecular flexibility index (Phi) is 4.40. The maximum absolute atomic E-state index is 12.8. The molecule has 16 heavy (non-hydrogen) atoms. The van der Waals surface area contributed by atoms with Crippen molar-refractivity contribution in [3.8, 4) is 11.8 Å². The van der Waals surface area contributed by atoms with Gasteiger partial charge in [-0.15, -0.1) is 0 Å². The van der Waals surface area contributed by atoms with Crippen LogP contribution in [0.1, 0.15) is 12.0 Å². The third-order valence-electron chi connectivity index (χ3n) is 1.70. The van der Waals surface area contributed by atoms with Crippen LogP contribution in [0.15, 0.2) is 24.3 Å². The Hall–Kier alpha value is -1.96. The molecule has 0 atom stereocenters. The van der Waals surface area contributed by atoms with Gasteiger partial charge in [-0.25, -0.2) is 4.39 Å². The topological polar surface area (TPSA) is 33.0 Å². The average molecular weight is 227 g/mol. The fraction of sp³-hybridized carbons (Fsp3) is 0.182. The minimum absolute atomic E-state index is 0.144. The van der Waals surface area contributed by atoms with E-state index in [-0.39, 0.29) is 12.2 Å². The molecule has 5 heteroatoms. The van der Waals surface area contributed by atoms with E-state index in [1.165, 1.54) is 18.2 Å². The molecule has 84 valence electrons. The number of nitrogens with zero attached hydrogens (tertiary/aromatic N) is 1. The summed E-state index contributed by atoms with van der Waals surface area (Å²) in [4.78, 5) is 0. The summed E-state index contributed by atoms with van der Waals surface area (Å²) in [5, 5.41) is 8.29. The van der Waals surface area contributed by atoms with Crippen LogP contribution in [0.25, 0.3) is 6.08 Å². The van der Waals surface area contributed by atoms with Crippen molar-refractivity contribution in [1.29, 1.82) is 5.26 Å². The fourth-order valence-electron chi connectivity index (χ4n) is 1.08. The van der Waals surface area contributed by atoms with Crippen molar-refractivity contribution in [2.75, 3.05) is 0 Å². The fourth-order valence-corrected chi connectivity index (χ4v) is 1.08. The second-order valence-electron chi connectivity index (χ2n) is 2.83. The smallest absolute Gasteiger partial charge is 0.387 e. The number of nitriles is 1. The first-order valence-electron chi connectivity index (χ1n) is 4.41. The first kappa shape index (κ1) is 12.1. The van der Waals surface area contributed by atoms with Gasteiger partial charge in [0.2, 0.25) is 0 Å². The van der Waals surface area contributed by atoms with Crippen LogP contribution in [-0.2, 0) is 0 Å². The molecule has 0 fully saturated rings. The van der Waals surface area contributed by atoms with Crippen molar-refractivity contribution in [1.82, 2.24) is 0 Å². The molecule has 2 nitrogen and oxygen atoms in total. The molecule has 0 saturated heterocycles. The number of ether oxygens (including phenoxy) is 1. The Labute approximate surface area is 90.6 Å². The van der Waals surface area contributed by atoms with Crippen LogP contribution in [-0.4, -0.2) is 6.61 Å². The van der Waals surface area contributed by atoms with Gasteiger partial charge in [-0.2, -0.15) is 14.0 Å². The molecule has 0 aliphatic heterocycles. The van der Waals surface area contributed by atoms with Crippen LogP contribution in [0, 0.1) is 17.1 Å². The molecule has 0 aliphatic carbocycles. The molecule has 0 spiro atoms. The molecule has 1 aromatic rings. The SMILES string of the molecule is N#CCC=Cc1ccc(F)cc1OC(F)F. The van der Waals surface area contributed by atoms with Gasteiger partial charge in [0.05, 0.1) is 12.5 Å². The standard InChI is InChI=1S/C11H8F3NO/c12-9-5-4-8(3-1-2-6-15)10(7-9)16-11(13)14/h1,3-5,7,11H,2H2. The predicted molar refractivity (Wildman–Crippen MR) is 52.3 cm³/mol. The molecule has 0 aromatic heterocycles. The summed E-state index contributed by atoms with van der Waals surface area (Å²) in [7, 11) is 0. The summed E-state index contributed by atoms with van der Waals surface area (Å²) in [6.07, 6.45) is 3.05. The summed E-state index contributed by atoms with van der Waals surface area (Å²) in [5.41, 5.74) is 0.303. The average Bonchev–Trinajstić information content (AvgIpc) is 2.20. The van der Waals surface area contributed by atoms with Gasteiger partial charge in [0, 0.05) is 11.6 Å². The second kappa shape index (κ2) is 5.81. The van der Waals surface area contributed by atoms with Gasteiger partial charge >= 0.3 is 6.61 Å². The summed E-state index contributed by atoms with van der Waals surface area (Å²) in [6.45, 7) is -3.01. The molecule has 0 bridgehead atoms. The molecule has 1 aromatic carbocycles. The lowest BCUT2D eigenvalue weighted by atomic mass is 10.1. The minimum Gasteiger partial charge on any atom is -0.434 e. The summed E-state index contributed by atoms with van der Waals surface area (Å²) in [5.74, 6) is -0.905. The van der Waals surface area contributed by atoms with E-state index in [0.717, 1.165) is 12.1 Å². The van der Waals surface area contributed by atoms with Crippen LogP contribution < -0.4 is 4.74 Å². The van der Waals surface area contributed by atoms with Gasteiger partial charge in [0.15, 0.2) is 0 Å². The molecular weight excluding hydrogens is 219 g/mol. The van der Waals surface area contributed by atoms with Crippen molar-refractivity contribution >= 4 is 6.08 Å². The molecule has 1 rings (SSSR count). The summed E-state index contributed by atoms with van der Waals surface area (Å²) in [6, 6.07) is 5.17. The van der Waals surface area contributed by atoms with Gasteiger partial charge in [0.1, 0.15) is 11.6 Å². The monoisotopic (exact) mass is 227 g/mol. The lowest BCUT2D eigenvalue weighted by Gasteiger charge is -2.07.